The predicted molar refractivity (Wildman–Crippen MR) is 73.3 cm³/mol. The Morgan fingerprint density at radius 1 is 1.10 bits per heavy atom. The number of aliphatic hydroxyl groups is 1. The summed E-state index contributed by atoms with van der Waals surface area (Å²) in [6, 6.07) is 0. The number of alkyl halides is 3. The molecule has 21 heavy (non-hydrogen) atoms. The minimum Gasteiger partial charge on any atom is -0.380 e. The van der Waals surface area contributed by atoms with Crippen molar-refractivity contribution >= 4 is 5.82 Å². The monoisotopic (exact) mass is 303 g/mol. The predicted octanol–water partition coefficient (Wildman–Crippen LogP) is 2.69. The second kappa shape index (κ2) is 5.44. The van der Waals surface area contributed by atoms with Crippen molar-refractivity contribution in [1.29, 1.82) is 0 Å². The molecule has 0 radical (unpaired) electrons. The molecule has 0 bridgehead atoms. The molecule has 1 N–H and O–H groups in total. The van der Waals surface area contributed by atoms with E-state index in [4.69, 9.17) is 0 Å². The molecule has 2 rings (SSSR count). The average Bonchev–Trinajstić information content (AvgIpc) is 2.56. The van der Waals surface area contributed by atoms with Gasteiger partial charge in [0, 0.05) is 30.8 Å². The minimum absolute atomic E-state index is 0.132. The Kier molecular flexibility index (Phi) is 4.15. The molecular formula is C14H20F3N3O. The Hall–Kier alpha value is -1.37. The molecule has 0 aromatic carbocycles. The highest BCUT2D eigenvalue weighted by atomic mass is 19.4. The van der Waals surface area contributed by atoms with Crippen molar-refractivity contribution in [3.63, 3.8) is 0 Å². The van der Waals surface area contributed by atoms with Gasteiger partial charge >= 0.3 is 6.18 Å². The molecule has 1 aliphatic heterocycles. The zero-order valence-electron chi connectivity index (χ0n) is 12.5. The number of hydrogen-bond acceptors (Lipinski definition) is 4. The first-order chi connectivity index (χ1) is 9.64. The quantitative estimate of drug-likeness (QED) is 0.866. The molecule has 4 nitrogen and oxygen atoms in total. The molecule has 0 aliphatic carbocycles. The summed E-state index contributed by atoms with van der Waals surface area (Å²) >= 11 is 0. The van der Waals surface area contributed by atoms with Crippen LogP contribution in [0.3, 0.4) is 0 Å². The Balaban J connectivity index is 2.25. The highest BCUT2D eigenvalue weighted by Crippen LogP contribution is 2.39. The SMILES string of the molecule is Cc1nc(C)c(C)c(N2CCCC(O)(C(F)(F)F)CC2)n1. The lowest BCUT2D eigenvalue weighted by Gasteiger charge is -2.29. The molecule has 1 aliphatic rings. The fraction of sp³-hybridized carbons (Fsp3) is 0.714. The van der Waals surface area contributed by atoms with E-state index in [2.05, 4.69) is 9.97 Å². The molecule has 1 saturated heterocycles. The van der Waals surface area contributed by atoms with Crippen LogP contribution in [0.1, 0.15) is 36.3 Å². The van der Waals surface area contributed by atoms with Crippen LogP contribution in [-0.2, 0) is 0 Å². The number of aromatic nitrogens is 2. The van der Waals surface area contributed by atoms with Gasteiger partial charge in [-0.3, -0.25) is 0 Å². The van der Waals surface area contributed by atoms with Gasteiger partial charge in [-0.15, -0.1) is 0 Å². The van der Waals surface area contributed by atoms with Crippen LogP contribution < -0.4 is 4.90 Å². The van der Waals surface area contributed by atoms with E-state index < -0.39 is 11.8 Å². The van der Waals surface area contributed by atoms with Gasteiger partial charge in [0.2, 0.25) is 0 Å². The molecule has 2 heterocycles. The fourth-order valence-electron chi connectivity index (χ4n) is 2.67. The van der Waals surface area contributed by atoms with E-state index in [0.29, 0.717) is 18.2 Å². The first kappa shape index (κ1) is 16.0. The van der Waals surface area contributed by atoms with Crippen molar-refractivity contribution in [3.05, 3.63) is 17.1 Å². The van der Waals surface area contributed by atoms with Gasteiger partial charge in [-0.25, -0.2) is 9.97 Å². The van der Waals surface area contributed by atoms with Crippen LogP contribution in [0.25, 0.3) is 0 Å². The summed E-state index contributed by atoms with van der Waals surface area (Å²) in [5.74, 6) is 1.27. The van der Waals surface area contributed by atoms with Crippen LogP contribution >= 0.6 is 0 Å². The van der Waals surface area contributed by atoms with Gasteiger partial charge in [0.05, 0.1) is 0 Å². The maximum Gasteiger partial charge on any atom is 0.417 e. The maximum absolute atomic E-state index is 12.9. The molecule has 118 valence electrons. The lowest BCUT2D eigenvalue weighted by Crippen LogP contribution is -2.45. The first-order valence-electron chi connectivity index (χ1n) is 7.00. The van der Waals surface area contributed by atoms with E-state index in [-0.39, 0.29) is 25.8 Å². The van der Waals surface area contributed by atoms with Crippen LogP contribution in [0, 0.1) is 20.8 Å². The molecule has 1 unspecified atom stereocenters. The lowest BCUT2D eigenvalue weighted by molar-refractivity contribution is -0.263. The number of halogens is 3. The Morgan fingerprint density at radius 2 is 1.76 bits per heavy atom. The topological polar surface area (TPSA) is 49.2 Å². The molecule has 1 atom stereocenters. The lowest BCUT2D eigenvalue weighted by atomic mass is 9.94. The van der Waals surface area contributed by atoms with Crippen molar-refractivity contribution in [3.8, 4) is 0 Å². The molecule has 0 amide bonds. The van der Waals surface area contributed by atoms with Gasteiger partial charge in [0.1, 0.15) is 11.6 Å². The summed E-state index contributed by atoms with van der Waals surface area (Å²) in [6.07, 6.45) is -4.92. The Labute approximate surface area is 122 Å². The third-order valence-electron chi connectivity index (χ3n) is 4.12. The normalized spacial score (nSPS) is 24.0. The van der Waals surface area contributed by atoms with Gasteiger partial charge in [0.15, 0.2) is 5.60 Å². The summed E-state index contributed by atoms with van der Waals surface area (Å²) in [5.41, 5.74) is -0.891. The average molecular weight is 303 g/mol. The molecule has 7 heteroatoms. The van der Waals surface area contributed by atoms with E-state index in [1.165, 1.54) is 0 Å². The maximum atomic E-state index is 12.9. The van der Waals surface area contributed by atoms with Crippen molar-refractivity contribution in [2.24, 2.45) is 0 Å². The summed E-state index contributed by atoms with van der Waals surface area (Å²) in [6.45, 7) is 6.07. The van der Waals surface area contributed by atoms with Gasteiger partial charge in [-0.05, 0) is 33.6 Å². The van der Waals surface area contributed by atoms with Gasteiger partial charge in [-0.1, -0.05) is 0 Å². The number of aryl methyl sites for hydroxylation is 2. The summed E-state index contributed by atoms with van der Waals surface area (Å²) in [4.78, 5) is 10.4. The Bertz CT molecular complexity index is 533. The first-order valence-corrected chi connectivity index (χ1v) is 7.00. The second-order valence-electron chi connectivity index (χ2n) is 5.67. The number of anilines is 1. The molecule has 1 aromatic heterocycles. The van der Waals surface area contributed by atoms with E-state index >= 15 is 0 Å². The number of hydrogen-bond donors (Lipinski definition) is 1. The standard InChI is InChI=1S/C14H20F3N3O/c1-9-10(2)18-11(3)19-12(9)20-7-4-5-13(21,6-8-20)14(15,16)17/h21H,4-8H2,1-3H3. The molecule has 0 spiro atoms. The Morgan fingerprint density at radius 3 is 2.38 bits per heavy atom. The second-order valence-corrected chi connectivity index (χ2v) is 5.67. The van der Waals surface area contributed by atoms with Crippen LogP contribution in [0.5, 0.6) is 0 Å². The minimum atomic E-state index is -4.59. The highest BCUT2D eigenvalue weighted by molar-refractivity contribution is 5.48. The van der Waals surface area contributed by atoms with E-state index in [1.54, 1.807) is 6.92 Å². The smallest absolute Gasteiger partial charge is 0.380 e. The van der Waals surface area contributed by atoms with Crippen molar-refractivity contribution in [2.45, 2.75) is 51.8 Å². The van der Waals surface area contributed by atoms with Crippen LogP contribution in [0.4, 0.5) is 19.0 Å². The van der Waals surface area contributed by atoms with E-state index in [9.17, 15) is 18.3 Å². The van der Waals surface area contributed by atoms with Crippen molar-refractivity contribution in [2.75, 3.05) is 18.0 Å². The summed E-state index contributed by atoms with van der Waals surface area (Å²) < 4.78 is 38.8. The largest absolute Gasteiger partial charge is 0.417 e. The third-order valence-corrected chi connectivity index (χ3v) is 4.12. The third kappa shape index (κ3) is 3.12. The zero-order chi connectivity index (χ0) is 15.8. The van der Waals surface area contributed by atoms with Crippen LogP contribution in [0.15, 0.2) is 0 Å². The van der Waals surface area contributed by atoms with Crippen molar-refractivity contribution in [1.82, 2.24) is 9.97 Å². The summed E-state index contributed by atoms with van der Waals surface area (Å²) in [7, 11) is 0. The van der Waals surface area contributed by atoms with Gasteiger partial charge < -0.3 is 10.0 Å². The summed E-state index contributed by atoms with van der Waals surface area (Å²) in [5, 5.41) is 9.85. The molecule has 1 aromatic rings. The fourth-order valence-corrected chi connectivity index (χ4v) is 2.67. The van der Waals surface area contributed by atoms with E-state index in [1.807, 2.05) is 18.7 Å². The van der Waals surface area contributed by atoms with Gasteiger partial charge in [0.25, 0.3) is 0 Å². The zero-order valence-corrected chi connectivity index (χ0v) is 12.5. The molecule has 0 saturated carbocycles. The number of rotatable bonds is 1. The highest BCUT2D eigenvalue weighted by Gasteiger charge is 2.53. The molecular weight excluding hydrogens is 283 g/mol. The van der Waals surface area contributed by atoms with Crippen LogP contribution in [0.2, 0.25) is 0 Å². The number of nitrogens with zero attached hydrogens (tertiary/aromatic N) is 3. The van der Waals surface area contributed by atoms with Crippen LogP contribution in [-0.4, -0.2) is 39.9 Å². The van der Waals surface area contributed by atoms with Gasteiger partial charge in [-0.2, -0.15) is 13.2 Å². The van der Waals surface area contributed by atoms with E-state index in [0.717, 1.165) is 11.3 Å². The molecule has 1 fully saturated rings. The van der Waals surface area contributed by atoms with Crippen molar-refractivity contribution < 1.29 is 18.3 Å².